The second-order valence-electron chi connectivity index (χ2n) is 9.60. The Bertz CT molecular complexity index is 1470. The summed E-state index contributed by atoms with van der Waals surface area (Å²) in [6.45, 7) is 6.07. The Hall–Kier alpha value is -3.93. The first-order valence-corrected chi connectivity index (χ1v) is 15.7. The van der Waals surface area contributed by atoms with E-state index >= 15 is 0 Å². The van der Waals surface area contributed by atoms with Crippen LogP contribution >= 0.6 is 0 Å². The minimum Gasteiger partial charge on any atom is -0.395 e. The number of azo groups is 1. The van der Waals surface area contributed by atoms with E-state index in [9.17, 15) is 18.8 Å². The number of para-hydroxylation sites is 1. The van der Waals surface area contributed by atoms with Crippen molar-refractivity contribution in [2.75, 3.05) is 69.0 Å². The molecule has 0 bridgehead atoms. The summed E-state index contributed by atoms with van der Waals surface area (Å²) in [4.78, 5) is 6.75. The Morgan fingerprint density at radius 3 is 2.37 bits per heavy atom. The van der Waals surface area contributed by atoms with Crippen LogP contribution in [0, 0.1) is 18.3 Å². The number of benzene rings is 2. The number of nitrogens with one attached hydrogen (secondary N) is 2. The molecule has 13 heteroatoms. The van der Waals surface area contributed by atoms with Crippen LogP contribution in [-0.2, 0) is 14.6 Å². The quantitative estimate of drug-likeness (QED) is 0.120. The van der Waals surface area contributed by atoms with Crippen molar-refractivity contribution in [3.63, 3.8) is 0 Å². The molecule has 0 aliphatic rings. The van der Waals surface area contributed by atoms with Gasteiger partial charge < -0.3 is 30.5 Å². The van der Waals surface area contributed by atoms with Crippen LogP contribution in [0.4, 0.5) is 28.7 Å². The van der Waals surface area contributed by atoms with Gasteiger partial charge in [0, 0.05) is 30.9 Å². The lowest BCUT2D eigenvalue weighted by molar-refractivity contribution is 0.0992. The molecule has 0 unspecified atom stereocenters. The van der Waals surface area contributed by atoms with Crippen LogP contribution < -0.4 is 10.6 Å². The molecule has 0 spiro atoms. The van der Waals surface area contributed by atoms with Gasteiger partial charge in [-0.1, -0.05) is 25.1 Å². The molecule has 0 atom stereocenters. The standard InChI is InChI=1S/C30H39N7O5S/c1-3-14-37(15-17-38)16-21-43(40,41)26-11-9-25(10-12-26)35-36-28-23(2)27(22-31)29(32-13-19-42-20-18-39)34-30(28)33-24-7-5-4-6-8-24/h4-12,38-39H,3,13-21H2,1-2H3,(H2,32,33,34). The Labute approximate surface area is 253 Å². The van der Waals surface area contributed by atoms with E-state index in [1.807, 2.05) is 42.2 Å². The van der Waals surface area contributed by atoms with Crippen LogP contribution in [0.3, 0.4) is 0 Å². The molecule has 1 heterocycles. The van der Waals surface area contributed by atoms with E-state index in [-0.39, 0.29) is 30.5 Å². The number of pyridine rings is 1. The number of sulfone groups is 1. The van der Waals surface area contributed by atoms with Crippen LogP contribution in [0.25, 0.3) is 0 Å². The summed E-state index contributed by atoms with van der Waals surface area (Å²) in [5, 5.41) is 43.2. The van der Waals surface area contributed by atoms with Gasteiger partial charge in [0.1, 0.15) is 17.6 Å². The van der Waals surface area contributed by atoms with E-state index in [1.54, 1.807) is 19.1 Å². The number of aliphatic hydroxyl groups is 2. The average molecular weight is 610 g/mol. The summed E-state index contributed by atoms with van der Waals surface area (Å²) in [6.07, 6.45) is 0.868. The number of nitriles is 1. The fraction of sp³-hybridized carbons (Fsp3) is 0.400. The summed E-state index contributed by atoms with van der Waals surface area (Å²) in [5.41, 5.74) is 2.41. The van der Waals surface area contributed by atoms with E-state index < -0.39 is 9.84 Å². The number of rotatable bonds is 18. The first kappa shape index (κ1) is 33.6. The SMILES string of the molecule is CCCN(CCO)CCS(=O)(=O)c1ccc(N=Nc2c(Nc3ccccc3)nc(NCCOCCO)c(C#N)c2C)cc1. The van der Waals surface area contributed by atoms with E-state index in [1.165, 1.54) is 12.1 Å². The third-order valence-corrected chi connectivity index (χ3v) is 8.14. The van der Waals surface area contributed by atoms with Crippen molar-refractivity contribution in [2.24, 2.45) is 10.2 Å². The highest BCUT2D eigenvalue weighted by Crippen LogP contribution is 2.36. The highest BCUT2D eigenvalue weighted by atomic mass is 32.2. The average Bonchev–Trinajstić information content (AvgIpc) is 3.00. The molecule has 0 radical (unpaired) electrons. The molecule has 0 fully saturated rings. The monoisotopic (exact) mass is 609 g/mol. The molecule has 3 aromatic rings. The van der Waals surface area contributed by atoms with Crippen LogP contribution in [0.15, 0.2) is 69.7 Å². The van der Waals surface area contributed by atoms with Gasteiger partial charge in [-0.05, 0) is 56.3 Å². The molecule has 43 heavy (non-hydrogen) atoms. The lowest BCUT2D eigenvalue weighted by Crippen LogP contribution is -2.32. The minimum atomic E-state index is -3.53. The van der Waals surface area contributed by atoms with Gasteiger partial charge in [-0.3, -0.25) is 0 Å². The Balaban J connectivity index is 1.86. The summed E-state index contributed by atoms with van der Waals surface area (Å²) < 4.78 is 31.1. The van der Waals surface area contributed by atoms with Gasteiger partial charge in [0.15, 0.2) is 15.7 Å². The van der Waals surface area contributed by atoms with Crippen LogP contribution in [0.5, 0.6) is 0 Å². The number of hydrogen-bond acceptors (Lipinski definition) is 12. The molecular formula is C30H39N7O5S. The summed E-state index contributed by atoms with van der Waals surface area (Å²) in [5.74, 6) is 0.679. The maximum Gasteiger partial charge on any atom is 0.179 e. The Morgan fingerprint density at radius 2 is 1.72 bits per heavy atom. The fourth-order valence-corrected chi connectivity index (χ4v) is 5.51. The number of aromatic nitrogens is 1. The maximum atomic E-state index is 12.9. The van der Waals surface area contributed by atoms with Crippen LogP contribution in [-0.4, -0.2) is 86.9 Å². The van der Waals surface area contributed by atoms with Crippen molar-refractivity contribution in [1.29, 1.82) is 5.26 Å². The highest BCUT2D eigenvalue weighted by molar-refractivity contribution is 7.91. The third-order valence-electron chi connectivity index (χ3n) is 6.43. The van der Waals surface area contributed by atoms with Gasteiger partial charge in [0.2, 0.25) is 0 Å². The molecule has 0 saturated carbocycles. The summed E-state index contributed by atoms with van der Waals surface area (Å²) in [6, 6.07) is 17.7. The van der Waals surface area contributed by atoms with Crippen molar-refractivity contribution in [1.82, 2.24) is 9.88 Å². The second kappa shape index (κ2) is 17.3. The van der Waals surface area contributed by atoms with Crippen molar-refractivity contribution >= 4 is 38.5 Å². The van der Waals surface area contributed by atoms with Gasteiger partial charge >= 0.3 is 0 Å². The van der Waals surface area contributed by atoms with Gasteiger partial charge in [-0.2, -0.15) is 10.4 Å². The molecule has 230 valence electrons. The zero-order valence-electron chi connectivity index (χ0n) is 24.5. The first-order chi connectivity index (χ1) is 20.8. The van der Waals surface area contributed by atoms with Crippen molar-refractivity contribution in [3.05, 3.63) is 65.7 Å². The normalized spacial score (nSPS) is 11.6. The van der Waals surface area contributed by atoms with E-state index in [0.29, 0.717) is 66.9 Å². The number of nitrogens with zero attached hydrogens (tertiary/aromatic N) is 5. The molecule has 2 aromatic carbocycles. The van der Waals surface area contributed by atoms with Crippen molar-refractivity contribution < 1.29 is 23.4 Å². The molecular weight excluding hydrogens is 570 g/mol. The largest absolute Gasteiger partial charge is 0.395 e. The lowest BCUT2D eigenvalue weighted by Gasteiger charge is -2.20. The van der Waals surface area contributed by atoms with Crippen molar-refractivity contribution in [2.45, 2.75) is 25.2 Å². The zero-order chi connectivity index (χ0) is 31.1. The molecule has 0 amide bonds. The predicted molar refractivity (Wildman–Crippen MR) is 166 cm³/mol. The topological polar surface area (TPSA) is 173 Å². The summed E-state index contributed by atoms with van der Waals surface area (Å²) in [7, 11) is -3.53. The third kappa shape index (κ3) is 10.1. The smallest absolute Gasteiger partial charge is 0.179 e. The van der Waals surface area contributed by atoms with Crippen LogP contribution in [0.2, 0.25) is 0 Å². The molecule has 0 aliphatic carbocycles. The number of anilines is 3. The molecule has 12 nitrogen and oxygen atoms in total. The zero-order valence-corrected chi connectivity index (χ0v) is 25.3. The maximum absolute atomic E-state index is 12.9. The van der Waals surface area contributed by atoms with Gasteiger partial charge in [0.25, 0.3) is 0 Å². The van der Waals surface area contributed by atoms with Gasteiger partial charge in [0.05, 0.1) is 48.3 Å². The van der Waals surface area contributed by atoms with Crippen molar-refractivity contribution in [3.8, 4) is 6.07 Å². The molecule has 0 saturated heterocycles. The Morgan fingerprint density at radius 1 is 0.977 bits per heavy atom. The predicted octanol–water partition coefficient (Wildman–Crippen LogP) is 4.32. The van der Waals surface area contributed by atoms with E-state index in [0.717, 1.165) is 12.1 Å². The minimum absolute atomic E-state index is 0.0210. The molecule has 0 aliphatic heterocycles. The highest BCUT2D eigenvalue weighted by Gasteiger charge is 2.19. The van der Waals surface area contributed by atoms with E-state index in [2.05, 4.69) is 31.9 Å². The number of aliphatic hydroxyl groups excluding tert-OH is 2. The molecule has 4 N–H and O–H groups in total. The Kier molecular flexibility index (Phi) is 13.5. The van der Waals surface area contributed by atoms with E-state index in [4.69, 9.17) is 9.84 Å². The van der Waals surface area contributed by atoms with Gasteiger partial charge in [-0.25, -0.2) is 13.4 Å². The van der Waals surface area contributed by atoms with Crippen LogP contribution in [0.1, 0.15) is 24.5 Å². The summed E-state index contributed by atoms with van der Waals surface area (Å²) >= 11 is 0. The second-order valence-corrected chi connectivity index (χ2v) is 11.7. The number of ether oxygens (including phenoxy) is 1. The number of hydrogen-bond donors (Lipinski definition) is 4. The molecule has 3 rings (SSSR count). The lowest BCUT2D eigenvalue weighted by atomic mass is 10.1. The fourth-order valence-electron chi connectivity index (χ4n) is 4.22. The molecule has 1 aromatic heterocycles. The van der Waals surface area contributed by atoms with Gasteiger partial charge in [-0.15, -0.1) is 5.11 Å². The first-order valence-electron chi connectivity index (χ1n) is 14.1.